The Bertz CT molecular complexity index is 1400. The van der Waals surface area contributed by atoms with Crippen LogP contribution in [-0.4, -0.2) is 61.2 Å². The zero-order valence-corrected chi connectivity index (χ0v) is 23.0. The van der Waals surface area contributed by atoms with E-state index in [2.05, 4.69) is 72.2 Å². The first-order chi connectivity index (χ1) is 19.0. The number of hydrogen-bond donors (Lipinski definition) is 1. The lowest BCUT2D eigenvalue weighted by Crippen LogP contribution is -2.49. The fourth-order valence-corrected chi connectivity index (χ4v) is 5.43. The van der Waals surface area contributed by atoms with E-state index in [4.69, 9.17) is 4.74 Å². The van der Waals surface area contributed by atoms with Crippen molar-refractivity contribution in [2.45, 2.75) is 32.8 Å². The second kappa shape index (κ2) is 12.5. The predicted molar refractivity (Wildman–Crippen MR) is 159 cm³/mol. The summed E-state index contributed by atoms with van der Waals surface area (Å²) in [5.74, 6) is 0.786. The number of rotatable bonds is 10. The van der Waals surface area contributed by atoms with Gasteiger partial charge in [-0.3, -0.25) is 9.69 Å². The van der Waals surface area contributed by atoms with E-state index in [1.54, 1.807) is 0 Å². The van der Waals surface area contributed by atoms with Crippen LogP contribution < -0.4 is 9.64 Å². The topological polar surface area (TPSA) is 53.0 Å². The molecule has 0 saturated carbocycles. The number of aliphatic hydroxyl groups is 1. The lowest BCUT2D eigenvalue weighted by molar-refractivity contribution is 0.0663. The molecule has 1 N–H and O–H groups in total. The fraction of sp³-hybridized carbons (Fsp3) is 0.324. The molecule has 1 aliphatic rings. The first-order valence-corrected chi connectivity index (χ1v) is 13.9. The molecule has 0 spiro atoms. The number of benzene rings is 4. The normalized spacial score (nSPS) is 14.9. The van der Waals surface area contributed by atoms with Crippen LogP contribution in [-0.2, 0) is 6.42 Å². The number of piperazine rings is 1. The molecule has 5 heteroatoms. The van der Waals surface area contributed by atoms with E-state index in [-0.39, 0.29) is 12.4 Å². The minimum atomic E-state index is -0.570. The first kappa shape index (κ1) is 26.9. The fourth-order valence-electron chi connectivity index (χ4n) is 5.43. The molecule has 0 aromatic heterocycles. The molecule has 1 aliphatic heterocycles. The van der Waals surface area contributed by atoms with Crippen LogP contribution >= 0.6 is 0 Å². The van der Waals surface area contributed by atoms with E-state index >= 15 is 0 Å². The van der Waals surface area contributed by atoms with Gasteiger partial charge in [-0.1, -0.05) is 54.6 Å². The average molecular weight is 523 g/mol. The van der Waals surface area contributed by atoms with Gasteiger partial charge in [-0.15, -0.1) is 0 Å². The third-order valence-electron chi connectivity index (χ3n) is 7.88. The lowest BCUT2D eigenvalue weighted by Gasteiger charge is -2.37. The molecule has 0 amide bonds. The van der Waals surface area contributed by atoms with Crippen molar-refractivity contribution in [3.8, 4) is 5.75 Å². The zero-order valence-electron chi connectivity index (χ0n) is 23.0. The van der Waals surface area contributed by atoms with Gasteiger partial charge in [0, 0.05) is 50.4 Å². The highest BCUT2D eigenvalue weighted by Crippen LogP contribution is 2.24. The summed E-state index contributed by atoms with van der Waals surface area (Å²) in [6.45, 7) is 8.90. The third-order valence-corrected chi connectivity index (χ3v) is 7.88. The summed E-state index contributed by atoms with van der Waals surface area (Å²) in [6, 6.07) is 28.3. The quantitative estimate of drug-likeness (QED) is 0.266. The van der Waals surface area contributed by atoms with Gasteiger partial charge in [0.25, 0.3) is 0 Å². The largest absolute Gasteiger partial charge is 0.491 e. The summed E-state index contributed by atoms with van der Waals surface area (Å²) >= 11 is 0. The molecule has 0 unspecified atom stereocenters. The molecular weight excluding hydrogens is 484 g/mol. The molecule has 0 bridgehead atoms. The van der Waals surface area contributed by atoms with Crippen molar-refractivity contribution < 1.29 is 14.6 Å². The molecule has 1 heterocycles. The number of carbonyl (C=O) groups is 1. The molecular formula is C34H38N2O3. The number of nitrogens with zero attached hydrogens (tertiary/aromatic N) is 2. The van der Waals surface area contributed by atoms with E-state index in [9.17, 15) is 9.90 Å². The number of Topliss-reactive ketones (excluding diaryl/α,β-unsaturated/α-hetero) is 1. The number of ketones is 1. The maximum Gasteiger partial charge on any atom is 0.163 e. The third kappa shape index (κ3) is 6.67. The Morgan fingerprint density at radius 1 is 0.872 bits per heavy atom. The number of anilines is 1. The van der Waals surface area contributed by atoms with Crippen molar-refractivity contribution in [1.82, 2.24) is 4.90 Å². The van der Waals surface area contributed by atoms with Gasteiger partial charge in [0.2, 0.25) is 0 Å². The van der Waals surface area contributed by atoms with Gasteiger partial charge in [0.05, 0.1) is 0 Å². The second-order valence-corrected chi connectivity index (χ2v) is 10.6. The van der Waals surface area contributed by atoms with E-state index in [0.29, 0.717) is 30.7 Å². The molecule has 0 aliphatic carbocycles. The Hall–Kier alpha value is -3.67. The average Bonchev–Trinajstić information content (AvgIpc) is 2.97. The van der Waals surface area contributed by atoms with E-state index < -0.39 is 6.10 Å². The van der Waals surface area contributed by atoms with Gasteiger partial charge in [0.1, 0.15) is 18.5 Å². The predicted octanol–water partition coefficient (Wildman–Crippen LogP) is 5.83. The van der Waals surface area contributed by atoms with E-state index in [0.717, 1.165) is 26.2 Å². The molecule has 39 heavy (non-hydrogen) atoms. The van der Waals surface area contributed by atoms with Gasteiger partial charge < -0.3 is 14.7 Å². The van der Waals surface area contributed by atoms with Crippen LogP contribution in [0.5, 0.6) is 5.75 Å². The Morgan fingerprint density at radius 2 is 1.59 bits per heavy atom. The number of fused-ring (bicyclic) bond motifs is 1. The van der Waals surface area contributed by atoms with Crippen LogP contribution in [0.4, 0.5) is 5.69 Å². The van der Waals surface area contributed by atoms with Gasteiger partial charge in [-0.2, -0.15) is 0 Å². The van der Waals surface area contributed by atoms with Crippen molar-refractivity contribution in [1.29, 1.82) is 0 Å². The number of carbonyl (C=O) groups excluding carboxylic acids is 1. The molecule has 1 atom stereocenters. The summed E-state index contributed by atoms with van der Waals surface area (Å²) in [5.41, 5.74) is 5.86. The van der Waals surface area contributed by atoms with Crippen LogP contribution in [0.25, 0.3) is 10.8 Å². The molecule has 0 radical (unpaired) electrons. The number of β-amino-alcohol motifs (C(OH)–C–C–N with tert-alkyl or cyclic N) is 1. The molecule has 5 nitrogen and oxygen atoms in total. The monoisotopic (exact) mass is 522 g/mol. The zero-order chi connectivity index (χ0) is 27.2. The summed E-state index contributed by atoms with van der Waals surface area (Å²) in [4.78, 5) is 17.5. The Labute approximate surface area is 231 Å². The highest BCUT2D eigenvalue weighted by atomic mass is 16.5. The smallest absolute Gasteiger partial charge is 0.163 e. The highest BCUT2D eigenvalue weighted by molar-refractivity contribution is 5.96. The summed E-state index contributed by atoms with van der Waals surface area (Å²) in [5, 5.41) is 13.0. The standard InChI is InChI=1S/C34H38N2O3/c1-25-7-5-12-33(26(25)2)36-21-19-35(20-22-36)23-30(37)24-39-31-16-13-29(14-17-31)34(38)18-15-28-10-6-9-27-8-3-4-11-32(27)28/h3-14,16-17,30,37H,15,18-24H2,1-2H3/t30-/m1/s1. The molecule has 1 saturated heterocycles. The van der Waals surface area contributed by atoms with Crippen molar-refractivity contribution >= 4 is 22.2 Å². The Morgan fingerprint density at radius 3 is 2.38 bits per heavy atom. The lowest BCUT2D eigenvalue weighted by atomic mass is 9.98. The van der Waals surface area contributed by atoms with Crippen LogP contribution in [0.3, 0.4) is 0 Å². The molecule has 1 fully saturated rings. The number of aryl methyl sites for hydroxylation is 2. The van der Waals surface area contributed by atoms with Gasteiger partial charge >= 0.3 is 0 Å². The second-order valence-electron chi connectivity index (χ2n) is 10.6. The van der Waals surface area contributed by atoms with Crippen LogP contribution in [0.1, 0.15) is 33.5 Å². The minimum Gasteiger partial charge on any atom is -0.491 e. The number of ether oxygens (including phenoxy) is 1. The SMILES string of the molecule is Cc1cccc(N2CCN(C[C@@H](O)COc3ccc(C(=O)CCc4cccc5ccccc45)cc3)CC2)c1C. The maximum atomic E-state index is 12.8. The number of aliphatic hydroxyl groups excluding tert-OH is 1. The number of hydrogen-bond acceptors (Lipinski definition) is 5. The summed E-state index contributed by atoms with van der Waals surface area (Å²) in [6.07, 6.45) is 0.604. The summed E-state index contributed by atoms with van der Waals surface area (Å²) < 4.78 is 5.84. The van der Waals surface area contributed by atoms with Gasteiger partial charge in [-0.05, 0) is 78.1 Å². The van der Waals surface area contributed by atoms with Crippen molar-refractivity contribution in [2.24, 2.45) is 0 Å². The van der Waals surface area contributed by atoms with E-state index in [1.165, 1.54) is 33.2 Å². The summed E-state index contributed by atoms with van der Waals surface area (Å²) in [7, 11) is 0. The molecule has 202 valence electrons. The van der Waals surface area contributed by atoms with Crippen LogP contribution in [0.15, 0.2) is 84.9 Å². The first-order valence-electron chi connectivity index (χ1n) is 13.9. The van der Waals surface area contributed by atoms with Gasteiger partial charge in [0.15, 0.2) is 5.78 Å². The van der Waals surface area contributed by atoms with E-state index in [1.807, 2.05) is 36.4 Å². The maximum absolute atomic E-state index is 12.8. The highest BCUT2D eigenvalue weighted by Gasteiger charge is 2.21. The molecule has 4 aromatic rings. The minimum absolute atomic E-state index is 0.120. The van der Waals surface area contributed by atoms with Crippen molar-refractivity contribution in [2.75, 3.05) is 44.2 Å². The van der Waals surface area contributed by atoms with Crippen LogP contribution in [0, 0.1) is 13.8 Å². The van der Waals surface area contributed by atoms with Crippen molar-refractivity contribution in [3.05, 3.63) is 107 Å². The van der Waals surface area contributed by atoms with Crippen LogP contribution in [0.2, 0.25) is 0 Å². The molecule has 5 rings (SSSR count). The van der Waals surface area contributed by atoms with Gasteiger partial charge in [-0.25, -0.2) is 0 Å². The molecule has 4 aromatic carbocycles. The van der Waals surface area contributed by atoms with Crippen molar-refractivity contribution in [3.63, 3.8) is 0 Å². The Kier molecular flexibility index (Phi) is 8.60. The Balaban J connectivity index is 1.06.